The van der Waals surface area contributed by atoms with E-state index in [1.807, 2.05) is 0 Å². The molecular weight excluding hydrogens is 363 g/mol. The molecular formula is C20H19FN4O3. The average Bonchev–Trinajstić information content (AvgIpc) is 3.45. The summed E-state index contributed by atoms with van der Waals surface area (Å²) in [7, 11) is 0. The number of amides is 3. The number of aromatic nitrogens is 1. The number of hydrogen-bond donors (Lipinski definition) is 3. The fourth-order valence-corrected chi connectivity index (χ4v) is 2.74. The summed E-state index contributed by atoms with van der Waals surface area (Å²) in [5.41, 5.74) is 2.73. The van der Waals surface area contributed by atoms with Gasteiger partial charge in [0, 0.05) is 18.2 Å². The minimum Gasteiger partial charge on any atom is -0.440 e. The summed E-state index contributed by atoms with van der Waals surface area (Å²) in [6.45, 7) is 0.0549. The topological polar surface area (TPSA) is 96.3 Å². The first kappa shape index (κ1) is 18.0. The first-order valence-electron chi connectivity index (χ1n) is 9.03. The van der Waals surface area contributed by atoms with Gasteiger partial charge in [0.05, 0.1) is 6.54 Å². The Kier molecular flexibility index (Phi) is 4.92. The van der Waals surface area contributed by atoms with Crippen molar-refractivity contribution >= 4 is 28.7 Å². The van der Waals surface area contributed by atoms with E-state index in [1.165, 1.54) is 12.1 Å². The maximum Gasteiger partial charge on any atom is 0.315 e. The van der Waals surface area contributed by atoms with Crippen LogP contribution in [0, 0.1) is 5.82 Å². The molecule has 8 heteroatoms. The average molecular weight is 382 g/mol. The smallest absolute Gasteiger partial charge is 0.315 e. The highest BCUT2D eigenvalue weighted by atomic mass is 19.1. The van der Waals surface area contributed by atoms with Gasteiger partial charge in [-0.25, -0.2) is 14.2 Å². The Labute approximate surface area is 160 Å². The fraction of sp³-hybridized carbons (Fsp3) is 0.250. The van der Waals surface area contributed by atoms with Crippen molar-refractivity contribution in [2.75, 3.05) is 11.9 Å². The van der Waals surface area contributed by atoms with Crippen molar-refractivity contribution in [1.29, 1.82) is 0 Å². The summed E-state index contributed by atoms with van der Waals surface area (Å²) in [6, 6.07) is 10.6. The summed E-state index contributed by atoms with van der Waals surface area (Å²) in [6.07, 6.45) is 2.20. The molecule has 144 valence electrons. The van der Waals surface area contributed by atoms with Crippen molar-refractivity contribution in [2.24, 2.45) is 0 Å². The van der Waals surface area contributed by atoms with Crippen LogP contribution in [-0.4, -0.2) is 23.5 Å². The van der Waals surface area contributed by atoms with Crippen LogP contribution in [0.5, 0.6) is 0 Å². The van der Waals surface area contributed by atoms with Gasteiger partial charge in [-0.05, 0) is 48.7 Å². The molecule has 28 heavy (non-hydrogen) atoms. The van der Waals surface area contributed by atoms with E-state index in [0.29, 0.717) is 22.7 Å². The minimum atomic E-state index is -0.486. The second-order valence-corrected chi connectivity index (χ2v) is 6.72. The van der Waals surface area contributed by atoms with Crippen LogP contribution >= 0.6 is 0 Å². The zero-order valence-electron chi connectivity index (χ0n) is 15.0. The molecule has 3 aromatic rings. The second kappa shape index (κ2) is 7.67. The van der Waals surface area contributed by atoms with E-state index in [0.717, 1.165) is 24.3 Å². The number of nitrogens with zero attached hydrogens (tertiary/aromatic N) is 1. The molecule has 3 amide bonds. The molecule has 0 aliphatic heterocycles. The number of oxazole rings is 1. The van der Waals surface area contributed by atoms with E-state index >= 15 is 0 Å². The zero-order chi connectivity index (χ0) is 19.5. The summed E-state index contributed by atoms with van der Waals surface area (Å²) in [5, 5.41) is 7.80. The monoisotopic (exact) mass is 382 g/mol. The Morgan fingerprint density at radius 3 is 2.64 bits per heavy atom. The highest BCUT2D eigenvalue weighted by molar-refractivity contribution is 5.95. The maximum atomic E-state index is 12.8. The summed E-state index contributed by atoms with van der Waals surface area (Å²) in [4.78, 5) is 28.3. The molecule has 1 heterocycles. The minimum absolute atomic E-state index is 0.181. The van der Waals surface area contributed by atoms with Crippen molar-refractivity contribution in [3.8, 4) is 0 Å². The third kappa shape index (κ3) is 4.46. The van der Waals surface area contributed by atoms with Crippen molar-refractivity contribution in [2.45, 2.75) is 25.3 Å². The quantitative estimate of drug-likeness (QED) is 0.610. The van der Waals surface area contributed by atoms with Crippen molar-refractivity contribution in [1.82, 2.24) is 15.6 Å². The predicted molar refractivity (Wildman–Crippen MR) is 101 cm³/mol. The van der Waals surface area contributed by atoms with E-state index in [4.69, 9.17) is 4.42 Å². The Morgan fingerprint density at radius 1 is 1.11 bits per heavy atom. The summed E-state index contributed by atoms with van der Waals surface area (Å²) < 4.78 is 18.5. The largest absolute Gasteiger partial charge is 0.440 e. The number of nitrogens with one attached hydrogen (secondary N) is 3. The zero-order valence-corrected chi connectivity index (χ0v) is 15.0. The lowest BCUT2D eigenvalue weighted by molar-refractivity contribution is -0.115. The van der Waals surface area contributed by atoms with Crippen LogP contribution < -0.4 is 16.0 Å². The van der Waals surface area contributed by atoms with Crippen LogP contribution in [0.1, 0.15) is 30.2 Å². The maximum absolute atomic E-state index is 12.8. The van der Waals surface area contributed by atoms with Crippen LogP contribution in [0.15, 0.2) is 46.9 Å². The van der Waals surface area contributed by atoms with Crippen LogP contribution in [-0.2, 0) is 11.3 Å². The third-order valence-electron chi connectivity index (χ3n) is 4.39. The molecule has 0 bridgehead atoms. The molecule has 1 saturated carbocycles. The number of carbonyl (C=O) groups excluding carboxylic acids is 2. The number of fused-ring (bicyclic) bond motifs is 1. The molecule has 7 nitrogen and oxygen atoms in total. The number of benzene rings is 2. The molecule has 4 rings (SSSR count). The second-order valence-electron chi connectivity index (χ2n) is 6.72. The van der Waals surface area contributed by atoms with Crippen molar-refractivity contribution in [3.63, 3.8) is 0 Å². The molecule has 2 aromatic carbocycles. The van der Waals surface area contributed by atoms with Gasteiger partial charge in [0.15, 0.2) is 11.5 Å². The van der Waals surface area contributed by atoms with Crippen LogP contribution in [0.3, 0.4) is 0 Å². The Balaban J connectivity index is 1.25. The Bertz CT molecular complexity index is 1010. The Hall–Kier alpha value is -3.42. The number of hydrogen-bond acceptors (Lipinski definition) is 4. The first-order valence-corrected chi connectivity index (χ1v) is 9.03. The van der Waals surface area contributed by atoms with Gasteiger partial charge in [0.2, 0.25) is 5.91 Å². The van der Waals surface area contributed by atoms with Gasteiger partial charge in [0.25, 0.3) is 0 Å². The molecule has 1 aliphatic rings. The van der Waals surface area contributed by atoms with E-state index in [-0.39, 0.29) is 24.8 Å². The molecule has 1 fully saturated rings. The number of halogens is 1. The predicted octanol–water partition coefficient (Wildman–Crippen LogP) is 3.28. The van der Waals surface area contributed by atoms with Crippen LogP contribution in [0.2, 0.25) is 0 Å². The number of rotatable bonds is 6. The SMILES string of the molecule is O=C(CNC(=O)NCc1ccc(F)cc1)Nc1ccc2oc(C3CC3)nc2c1. The standard InChI is InChI=1S/C20H19FN4O3/c21-14-5-1-12(2-6-14)10-22-20(27)23-11-18(26)24-15-7-8-17-16(9-15)25-19(28-17)13-3-4-13/h1-2,5-9,13H,3-4,10-11H2,(H,24,26)(H2,22,23,27). The summed E-state index contributed by atoms with van der Waals surface area (Å²) in [5.74, 6) is 0.473. The fourth-order valence-electron chi connectivity index (χ4n) is 2.74. The van der Waals surface area contributed by atoms with E-state index in [1.54, 1.807) is 30.3 Å². The van der Waals surface area contributed by atoms with E-state index < -0.39 is 6.03 Å². The molecule has 0 unspecified atom stereocenters. The normalized spacial score (nSPS) is 13.3. The van der Waals surface area contributed by atoms with Gasteiger partial charge in [-0.3, -0.25) is 4.79 Å². The first-order chi connectivity index (χ1) is 13.6. The van der Waals surface area contributed by atoms with Gasteiger partial charge < -0.3 is 20.4 Å². The lowest BCUT2D eigenvalue weighted by atomic mass is 10.2. The molecule has 1 aromatic heterocycles. The third-order valence-corrected chi connectivity index (χ3v) is 4.39. The van der Waals surface area contributed by atoms with Gasteiger partial charge in [0.1, 0.15) is 11.3 Å². The molecule has 0 radical (unpaired) electrons. The van der Waals surface area contributed by atoms with Gasteiger partial charge in [-0.1, -0.05) is 12.1 Å². The van der Waals surface area contributed by atoms with Crippen molar-refractivity contribution < 1.29 is 18.4 Å². The summed E-state index contributed by atoms with van der Waals surface area (Å²) >= 11 is 0. The van der Waals surface area contributed by atoms with E-state index in [2.05, 4.69) is 20.9 Å². The van der Waals surface area contributed by atoms with E-state index in [9.17, 15) is 14.0 Å². The van der Waals surface area contributed by atoms with Crippen LogP contribution in [0.25, 0.3) is 11.1 Å². The van der Waals surface area contributed by atoms with Gasteiger partial charge >= 0.3 is 6.03 Å². The van der Waals surface area contributed by atoms with Gasteiger partial charge in [-0.15, -0.1) is 0 Å². The van der Waals surface area contributed by atoms with Gasteiger partial charge in [-0.2, -0.15) is 0 Å². The molecule has 0 saturated heterocycles. The highest BCUT2D eigenvalue weighted by Crippen LogP contribution is 2.40. The number of carbonyl (C=O) groups is 2. The van der Waals surface area contributed by atoms with Crippen LogP contribution in [0.4, 0.5) is 14.9 Å². The lowest BCUT2D eigenvalue weighted by Gasteiger charge is -2.08. The van der Waals surface area contributed by atoms with Crippen molar-refractivity contribution in [3.05, 3.63) is 59.7 Å². The molecule has 3 N–H and O–H groups in total. The number of urea groups is 1. The molecule has 0 spiro atoms. The molecule has 0 atom stereocenters. The lowest BCUT2D eigenvalue weighted by Crippen LogP contribution is -2.39. The Morgan fingerprint density at radius 2 is 1.89 bits per heavy atom. The highest BCUT2D eigenvalue weighted by Gasteiger charge is 2.28. The number of anilines is 1. The molecule has 1 aliphatic carbocycles.